The number of rotatable bonds is 6. The average molecular weight is 277 g/mol. The molecule has 1 rings (SSSR count). The van der Waals surface area contributed by atoms with E-state index in [0.717, 1.165) is 12.1 Å². The third-order valence-corrected chi connectivity index (χ3v) is 3.60. The van der Waals surface area contributed by atoms with Crippen LogP contribution in [-0.4, -0.2) is 39.4 Å². The maximum absolute atomic E-state index is 12.9. The van der Waals surface area contributed by atoms with Gasteiger partial charge in [0.15, 0.2) is 0 Å². The van der Waals surface area contributed by atoms with E-state index in [4.69, 9.17) is 4.74 Å². The number of aliphatic hydroxyl groups is 1. The molecule has 2 N–H and O–H groups in total. The van der Waals surface area contributed by atoms with E-state index in [9.17, 15) is 17.9 Å². The fourth-order valence-corrected chi connectivity index (χ4v) is 2.52. The van der Waals surface area contributed by atoms with Crippen LogP contribution in [0.15, 0.2) is 29.2 Å². The van der Waals surface area contributed by atoms with Crippen LogP contribution in [0.2, 0.25) is 0 Å². The lowest BCUT2D eigenvalue weighted by Crippen LogP contribution is -2.43. The Morgan fingerprint density at radius 2 is 2.17 bits per heavy atom. The number of methoxy groups -OCH3 is 1. The highest BCUT2D eigenvalue weighted by atomic mass is 32.2. The zero-order valence-corrected chi connectivity index (χ0v) is 11.0. The molecule has 0 aliphatic carbocycles. The second kappa shape index (κ2) is 5.75. The lowest BCUT2D eigenvalue weighted by Gasteiger charge is -2.22. The molecular formula is C11H16FNO4S. The van der Waals surface area contributed by atoms with E-state index in [1.165, 1.54) is 26.2 Å². The van der Waals surface area contributed by atoms with Crippen LogP contribution in [-0.2, 0) is 14.8 Å². The second-order valence-electron chi connectivity index (χ2n) is 4.21. The van der Waals surface area contributed by atoms with Crippen LogP contribution in [0.25, 0.3) is 0 Å². The first kappa shape index (κ1) is 15.0. The van der Waals surface area contributed by atoms with Crippen LogP contribution in [0.5, 0.6) is 0 Å². The van der Waals surface area contributed by atoms with Gasteiger partial charge in [0.2, 0.25) is 10.0 Å². The molecule has 7 heteroatoms. The van der Waals surface area contributed by atoms with E-state index >= 15 is 0 Å². The minimum Gasteiger partial charge on any atom is -0.386 e. The SMILES string of the molecule is COCC(C)(O)CNS(=O)(=O)c1cccc(F)c1. The molecule has 0 aromatic heterocycles. The van der Waals surface area contributed by atoms with Gasteiger partial charge in [0.25, 0.3) is 0 Å². The Kier molecular flexibility index (Phi) is 4.80. The molecule has 0 aliphatic rings. The van der Waals surface area contributed by atoms with Gasteiger partial charge in [-0.05, 0) is 25.1 Å². The van der Waals surface area contributed by atoms with E-state index in [0.29, 0.717) is 0 Å². The Morgan fingerprint density at radius 1 is 1.50 bits per heavy atom. The summed E-state index contributed by atoms with van der Waals surface area (Å²) in [6, 6.07) is 4.64. The van der Waals surface area contributed by atoms with Crippen molar-refractivity contribution in [2.24, 2.45) is 0 Å². The van der Waals surface area contributed by atoms with Gasteiger partial charge >= 0.3 is 0 Å². The molecule has 0 amide bonds. The van der Waals surface area contributed by atoms with Crippen LogP contribution in [0.1, 0.15) is 6.92 Å². The van der Waals surface area contributed by atoms with E-state index < -0.39 is 21.4 Å². The van der Waals surface area contributed by atoms with Crippen LogP contribution in [0, 0.1) is 5.82 Å². The summed E-state index contributed by atoms with van der Waals surface area (Å²) < 4.78 is 43.5. The molecule has 18 heavy (non-hydrogen) atoms. The number of nitrogens with one attached hydrogen (secondary N) is 1. The van der Waals surface area contributed by atoms with Crippen LogP contribution < -0.4 is 4.72 Å². The third-order valence-electron chi connectivity index (χ3n) is 2.20. The fourth-order valence-electron chi connectivity index (χ4n) is 1.33. The molecule has 0 aliphatic heterocycles. The number of hydrogen-bond donors (Lipinski definition) is 2. The summed E-state index contributed by atoms with van der Waals surface area (Å²) in [5.74, 6) is -0.637. The lowest BCUT2D eigenvalue weighted by atomic mass is 10.1. The van der Waals surface area contributed by atoms with Gasteiger partial charge in [-0.1, -0.05) is 6.07 Å². The minimum atomic E-state index is -3.84. The Labute approximate surface area is 106 Å². The van der Waals surface area contributed by atoms with Gasteiger partial charge in [0.05, 0.1) is 17.1 Å². The molecule has 1 aromatic carbocycles. The predicted octanol–water partition coefficient (Wildman–Crippen LogP) is 0.501. The van der Waals surface area contributed by atoms with Crippen molar-refractivity contribution in [2.75, 3.05) is 20.3 Å². The van der Waals surface area contributed by atoms with Gasteiger partial charge in [-0.15, -0.1) is 0 Å². The van der Waals surface area contributed by atoms with Gasteiger partial charge in [-0.25, -0.2) is 17.5 Å². The summed E-state index contributed by atoms with van der Waals surface area (Å²) in [5, 5.41) is 9.75. The van der Waals surface area contributed by atoms with Crippen LogP contribution in [0.4, 0.5) is 4.39 Å². The Hall–Kier alpha value is -1.02. The van der Waals surface area contributed by atoms with Crippen LogP contribution in [0.3, 0.4) is 0 Å². The fraction of sp³-hybridized carbons (Fsp3) is 0.455. The molecule has 0 saturated carbocycles. The van der Waals surface area contributed by atoms with Crippen LogP contribution >= 0.6 is 0 Å². The van der Waals surface area contributed by atoms with Crippen molar-refractivity contribution < 1.29 is 22.7 Å². The summed E-state index contributed by atoms with van der Waals surface area (Å²) in [5.41, 5.74) is -1.32. The van der Waals surface area contributed by atoms with Crippen molar-refractivity contribution in [3.8, 4) is 0 Å². The number of halogens is 1. The third kappa shape index (κ3) is 4.34. The normalized spacial score (nSPS) is 15.3. The van der Waals surface area contributed by atoms with Gasteiger partial charge in [-0.3, -0.25) is 0 Å². The molecule has 0 fully saturated rings. The molecule has 0 saturated heterocycles. The molecule has 102 valence electrons. The van der Waals surface area contributed by atoms with Gasteiger partial charge in [0.1, 0.15) is 5.82 Å². The lowest BCUT2D eigenvalue weighted by molar-refractivity contribution is -0.0119. The summed E-state index contributed by atoms with van der Waals surface area (Å²) in [4.78, 5) is -0.185. The smallest absolute Gasteiger partial charge is 0.240 e. The highest BCUT2D eigenvalue weighted by Crippen LogP contribution is 2.11. The van der Waals surface area contributed by atoms with E-state index in [-0.39, 0.29) is 18.0 Å². The quantitative estimate of drug-likeness (QED) is 0.794. The first-order valence-corrected chi connectivity index (χ1v) is 6.72. The minimum absolute atomic E-state index is 0.0152. The maximum Gasteiger partial charge on any atom is 0.240 e. The molecule has 1 aromatic rings. The Balaban J connectivity index is 2.78. The second-order valence-corrected chi connectivity index (χ2v) is 5.98. The molecule has 0 radical (unpaired) electrons. The first-order chi connectivity index (χ1) is 8.27. The Morgan fingerprint density at radius 3 is 2.72 bits per heavy atom. The van der Waals surface area contributed by atoms with Crippen molar-refractivity contribution in [2.45, 2.75) is 17.4 Å². The molecule has 1 unspecified atom stereocenters. The first-order valence-electron chi connectivity index (χ1n) is 5.23. The van der Waals surface area contributed by atoms with Crippen molar-refractivity contribution in [3.63, 3.8) is 0 Å². The summed E-state index contributed by atoms with van der Waals surface area (Å²) in [6.45, 7) is 1.20. The predicted molar refractivity (Wildman–Crippen MR) is 64.1 cm³/mol. The van der Waals surface area contributed by atoms with Crippen molar-refractivity contribution in [1.29, 1.82) is 0 Å². The molecule has 0 spiro atoms. The number of ether oxygens (including phenoxy) is 1. The molecule has 0 heterocycles. The molecule has 5 nitrogen and oxygen atoms in total. The van der Waals surface area contributed by atoms with Gasteiger partial charge in [0, 0.05) is 13.7 Å². The van der Waals surface area contributed by atoms with Gasteiger partial charge in [-0.2, -0.15) is 0 Å². The summed E-state index contributed by atoms with van der Waals surface area (Å²) >= 11 is 0. The van der Waals surface area contributed by atoms with E-state index in [1.807, 2.05) is 0 Å². The monoisotopic (exact) mass is 277 g/mol. The molecular weight excluding hydrogens is 261 g/mol. The zero-order chi connectivity index (χ0) is 13.8. The maximum atomic E-state index is 12.9. The molecule has 1 atom stereocenters. The summed E-state index contributed by atoms with van der Waals surface area (Å²) in [6.07, 6.45) is 0. The number of benzene rings is 1. The number of sulfonamides is 1. The standard InChI is InChI=1S/C11H16FNO4S/c1-11(14,8-17-2)7-13-18(15,16)10-5-3-4-9(12)6-10/h3-6,13-14H,7-8H2,1-2H3. The number of hydrogen-bond acceptors (Lipinski definition) is 4. The highest BCUT2D eigenvalue weighted by Gasteiger charge is 2.24. The van der Waals surface area contributed by atoms with Crippen molar-refractivity contribution >= 4 is 10.0 Å². The largest absolute Gasteiger partial charge is 0.386 e. The van der Waals surface area contributed by atoms with Gasteiger partial charge < -0.3 is 9.84 Å². The topological polar surface area (TPSA) is 75.6 Å². The molecule has 0 bridgehead atoms. The van der Waals surface area contributed by atoms with E-state index in [2.05, 4.69) is 4.72 Å². The average Bonchev–Trinajstić information content (AvgIpc) is 2.27. The highest BCUT2D eigenvalue weighted by molar-refractivity contribution is 7.89. The van der Waals surface area contributed by atoms with E-state index in [1.54, 1.807) is 0 Å². The Bertz CT molecular complexity index is 502. The summed E-state index contributed by atoms with van der Waals surface area (Å²) in [7, 11) is -2.44. The zero-order valence-electron chi connectivity index (χ0n) is 10.2. The van der Waals surface area contributed by atoms with Crippen molar-refractivity contribution in [1.82, 2.24) is 4.72 Å². The van der Waals surface area contributed by atoms with Crippen molar-refractivity contribution in [3.05, 3.63) is 30.1 Å².